The molecule has 174 valence electrons. The number of nitrogens with one attached hydrogen (secondary N) is 2. The molecule has 2 aliphatic rings. The molecule has 2 unspecified atom stereocenters. The fourth-order valence-corrected chi connectivity index (χ4v) is 4.88. The molecule has 0 spiro atoms. The van der Waals surface area contributed by atoms with E-state index in [2.05, 4.69) is 21.5 Å². The fraction of sp³-hybridized carbons (Fsp3) is 0.280. The second-order valence-corrected chi connectivity index (χ2v) is 8.58. The molecule has 2 N–H and O–H groups in total. The number of halogens is 1. The molecule has 2 aromatic carbocycles. The molecule has 2 saturated heterocycles. The van der Waals surface area contributed by atoms with E-state index < -0.39 is 5.82 Å². The zero-order chi connectivity index (χ0) is 23.7. The Labute approximate surface area is 196 Å². The van der Waals surface area contributed by atoms with Gasteiger partial charge in [0.2, 0.25) is 0 Å². The summed E-state index contributed by atoms with van der Waals surface area (Å²) in [6.45, 7) is 2.74. The number of hydrogen-bond acceptors (Lipinski definition) is 7. The molecule has 8 nitrogen and oxygen atoms in total. The SMILES string of the molecule is COc1ccc2nc(N3CC4CN(C(=O)c5c(F)cccc5NN=CC=N)CC4C3)ccc2c1. The number of amides is 1. The summed E-state index contributed by atoms with van der Waals surface area (Å²) in [6.07, 6.45) is 2.23. The summed E-state index contributed by atoms with van der Waals surface area (Å²) in [5.74, 6) is 1.40. The Balaban J connectivity index is 1.29. The number of nitrogens with zero attached hydrogens (tertiary/aromatic N) is 4. The lowest BCUT2D eigenvalue weighted by molar-refractivity contribution is 0.0779. The topological polar surface area (TPSA) is 93.9 Å². The van der Waals surface area contributed by atoms with Crippen LogP contribution in [0, 0.1) is 23.1 Å². The zero-order valence-electron chi connectivity index (χ0n) is 18.7. The predicted molar refractivity (Wildman–Crippen MR) is 131 cm³/mol. The fourth-order valence-electron chi connectivity index (χ4n) is 4.88. The summed E-state index contributed by atoms with van der Waals surface area (Å²) in [4.78, 5) is 22.0. The Kier molecular flexibility index (Phi) is 5.83. The molecule has 0 radical (unpaired) electrons. The van der Waals surface area contributed by atoms with E-state index in [1.807, 2.05) is 24.3 Å². The lowest BCUT2D eigenvalue weighted by Crippen LogP contribution is -2.34. The highest BCUT2D eigenvalue weighted by atomic mass is 19.1. The Morgan fingerprint density at radius 1 is 1.18 bits per heavy atom. The third kappa shape index (κ3) is 4.05. The van der Waals surface area contributed by atoms with E-state index >= 15 is 0 Å². The van der Waals surface area contributed by atoms with Gasteiger partial charge in [-0.05, 0) is 42.5 Å². The minimum atomic E-state index is -0.587. The zero-order valence-corrected chi connectivity index (χ0v) is 18.7. The Morgan fingerprint density at radius 3 is 2.71 bits per heavy atom. The summed E-state index contributed by atoms with van der Waals surface area (Å²) in [7, 11) is 1.65. The monoisotopic (exact) mass is 460 g/mol. The predicted octanol–water partition coefficient (Wildman–Crippen LogP) is 3.64. The minimum absolute atomic E-state index is 0.0203. The standard InChI is InChI=1S/C25H25FN6O2/c1-34-19-6-7-21-16(11-19)5-8-23(29-21)31-12-17-14-32(15-18(17)13-31)25(33)24-20(26)3-2-4-22(24)30-28-10-9-27/h2-11,17-18,27,30H,12-15H2,1H3. The van der Waals surface area contributed by atoms with Gasteiger partial charge >= 0.3 is 0 Å². The van der Waals surface area contributed by atoms with Crippen molar-refractivity contribution >= 4 is 40.7 Å². The molecule has 0 aliphatic carbocycles. The van der Waals surface area contributed by atoms with Crippen molar-refractivity contribution in [2.45, 2.75) is 0 Å². The van der Waals surface area contributed by atoms with Crippen molar-refractivity contribution < 1.29 is 13.9 Å². The maximum atomic E-state index is 14.6. The van der Waals surface area contributed by atoms with Gasteiger partial charge in [-0.3, -0.25) is 10.2 Å². The number of hydrogen-bond donors (Lipinski definition) is 2. The van der Waals surface area contributed by atoms with E-state index in [1.165, 1.54) is 18.3 Å². The number of methoxy groups -OCH3 is 1. The Bertz CT molecular complexity index is 1270. The van der Waals surface area contributed by atoms with Crippen LogP contribution < -0.4 is 15.1 Å². The number of rotatable bonds is 6. The van der Waals surface area contributed by atoms with Crippen LogP contribution in [0.5, 0.6) is 5.75 Å². The average Bonchev–Trinajstić information content (AvgIpc) is 3.43. The molecule has 9 heteroatoms. The van der Waals surface area contributed by atoms with Gasteiger partial charge in [0.15, 0.2) is 0 Å². The number of hydrazone groups is 1. The van der Waals surface area contributed by atoms with E-state index in [0.29, 0.717) is 30.6 Å². The lowest BCUT2D eigenvalue weighted by Gasteiger charge is -2.23. The van der Waals surface area contributed by atoms with Crippen LogP contribution in [-0.2, 0) is 0 Å². The van der Waals surface area contributed by atoms with E-state index in [0.717, 1.165) is 41.8 Å². The Hall–Kier alpha value is -4.01. The quantitative estimate of drug-likeness (QED) is 0.433. The summed E-state index contributed by atoms with van der Waals surface area (Å²) in [5.41, 5.74) is 3.85. The van der Waals surface area contributed by atoms with Gasteiger partial charge in [-0.25, -0.2) is 9.37 Å². The average molecular weight is 461 g/mol. The van der Waals surface area contributed by atoms with Crippen LogP contribution in [0.1, 0.15) is 10.4 Å². The van der Waals surface area contributed by atoms with Crippen LogP contribution in [0.3, 0.4) is 0 Å². The molecule has 2 fully saturated rings. The van der Waals surface area contributed by atoms with Gasteiger partial charge in [-0.1, -0.05) is 6.07 Å². The van der Waals surface area contributed by atoms with Crippen molar-refractivity contribution in [3.8, 4) is 5.75 Å². The normalized spacial score (nSPS) is 19.6. The van der Waals surface area contributed by atoms with E-state index in [9.17, 15) is 9.18 Å². The van der Waals surface area contributed by atoms with Gasteiger partial charge in [0.1, 0.15) is 22.9 Å². The number of ether oxygens (including phenoxy) is 1. The molecule has 2 aliphatic heterocycles. The van der Waals surface area contributed by atoms with Crippen LogP contribution in [0.4, 0.5) is 15.9 Å². The van der Waals surface area contributed by atoms with E-state index in [4.69, 9.17) is 15.1 Å². The number of likely N-dealkylation sites (tertiary alicyclic amines) is 1. The highest BCUT2D eigenvalue weighted by Crippen LogP contribution is 2.35. The second-order valence-electron chi connectivity index (χ2n) is 8.58. The highest BCUT2D eigenvalue weighted by molar-refractivity contribution is 6.14. The third-order valence-corrected chi connectivity index (χ3v) is 6.54. The van der Waals surface area contributed by atoms with Crippen molar-refractivity contribution in [1.29, 1.82) is 5.41 Å². The molecule has 5 rings (SSSR count). The number of carbonyl (C=O) groups excluding carboxylic acids is 1. The first-order valence-electron chi connectivity index (χ1n) is 11.1. The van der Waals surface area contributed by atoms with Crippen molar-refractivity contribution in [3.63, 3.8) is 0 Å². The summed E-state index contributed by atoms with van der Waals surface area (Å²) >= 11 is 0. The van der Waals surface area contributed by atoms with Gasteiger partial charge in [-0.2, -0.15) is 5.10 Å². The first-order chi connectivity index (χ1) is 16.6. The van der Waals surface area contributed by atoms with Crippen LogP contribution in [0.15, 0.2) is 53.6 Å². The molecule has 1 aromatic heterocycles. The number of pyridine rings is 1. The van der Waals surface area contributed by atoms with Gasteiger partial charge < -0.3 is 19.9 Å². The number of fused-ring (bicyclic) bond motifs is 2. The number of aromatic nitrogens is 1. The molecule has 3 heterocycles. The molecule has 2 atom stereocenters. The van der Waals surface area contributed by atoms with E-state index in [1.54, 1.807) is 18.1 Å². The summed E-state index contributed by atoms with van der Waals surface area (Å²) < 4.78 is 19.9. The van der Waals surface area contributed by atoms with Crippen molar-refractivity contribution in [2.24, 2.45) is 16.9 Å². The van der Waals surface area contributed by atoms with E-state index in [-0.39, 0.29) is 11.5 Å². The van der Waals surface area contributed by atoms with Crippen molar-refractivity contribution in [1.82, 2.24) is 9.88 Å². The number of benzene rings is 2. The van der Waals surface area contributed by atoms with Crippen LogP contribution in [0.2, 0.25) is 0 Å². The van der Waals surface area contributed by atoms with Crippen LogP contribution in [0.25, 0.3) is 10.9 Å². The summed E-state index contributed by atoms with van der Waals surface area (Å²) in [5, 5.41) is 11.9. The largest absolute Gasteiger partial charge is 0.497 e. The first kappa shape index (κ1) is 21.8. The van der Waals surface area contributed by atoms with Gasteiger partial charge in [0, 0.05) is 49.6 Å². The van der Waals surface area contributed by atoms with Crippen LogP contribution in [-0.4, -0.2) is 61.5 Å². The molecule has 1 amide bonds. The second kappa shape index (κ2) is 9.09. The van der Waals surface area contributed by atoms with Gasteiger partial charge in [-0.15, -0.1) is 0 Å². The first-order valence-corrected chi connectivity index (χ1v) is 11.1. The van der Waals surface area contributed by atoms with Gasteiger partial charge in [0.25, 0.3) is 5.91 Å². The minimum Gasteiger partial charge on any atom is -0.497 e. The maximum absolute atomic E-state index is 14.6. The smallest absolute Gasteiger partial charge is 0.259 e. The maximum Gasteiger partial charge on any atom is 0.259 e. The number of carbonyl (C=O) groups is 1. The summed E-state index contributed by atoms with van der Waals surface area (Å²) in [6, 6.07) is 14.3. The van der Waals surface area contributed by atoms with Crippen LogP contribution >= 0.6 is 0 Å². The highest BCUT2D eigenvalue weighted by Gasteiger charge is 2.42. The third-order valence-electron chi connectivity index (χ3n) is 6.54. The molecular formula is C25H25FN6O2. The molecule has 34 heavy (non-hydrogen) atoms. The molecule has 0 saturated carbocycles. The van der Waals surface area contributed by atoms with Crippen molar-refractivity contribution in [3.05, 3.63) is 59.9 Å². The molecule has 3 aromatic rings. The Morgan fingerprint density at radius 2 is 1.97 bits per heavy atom. The van der Waals surface area contributed by atoms with Gasteiger partial charge in [0.05, 0.1) is 24.5 Å². The molecular weight excluding hydrogens is 435 g/mol. The van der Waals surface area contributed by atoms with Crippen molar-refractivity contribution in [2.75, 3.05) is 43.6 Å². The lowest BCUT2D eigenvalue weighted by atomic mass is 10.0. The molecule has 0 bridgehead atoms. The number of anilines is 2.